The van der Waals surface area contributed by atoms with Crippen LogP contribution in [0.25, 0.3) is 10.9 Å². The number of aromatic nitrogens is 1. The Hall–Kier alpha value is -2.79. The van der Waals surface area contributed by atoms with Crippen molar-refractivity contribution in [2.24, 2.45) is 0 Å². The number of ether oxygens (including phenoxy) is 2. The highest BCUT2D eigenvalue weighted by Gasteiger charge is 2.10. The van der Waals surface area contributed by atoms with Gasteiger partial charge in [-0.3, -0.25) is 4.98 Å². The molecule has 1 N–H and O–H groups in total. The summed E-state index contributed by atoms with van der Waals surface area (Å²) in [6.45, 7) is 1.94. The lowest BCUT2D eigenvalue weighted by Crippen LogP contribution is -2.02. The maximum absolute atomic E-state index is 11.8. The standard InChI is InChI=1S/C19H18N2O3.ClH/c1-12-10-18(21-14-5-7-15(23-2)8-6-14)16-11-13(19(22)24-3)4-9-17(16)20-12;/h4-11H,1-3H3,(H,20,21);1H. The Morgan fingerprint density at radius 1 is 1.04 bits per heavy atom. The van der Waals surface area contributed by atoms with E-state index in [4.69, 9.17) is 9.47 Å². The number of pyridine rings is 1. The van der Waals surface area contributed by atoms with E-state index >= 15 is 0 Å². The van der Waals surface area contributed by atoms with Gasteiger partial charge in [-0.15, -0.1) is 12.4 Å². The van der Waals surface area contributed by atoms with Gasteiger partial charge in [0.2, 0.25) is 0 Å². The predicted molar refractivity (Wildman–Crippen MR) is 101 cm³/mol. The Balaban J connectivity index is 0.00000225. The first-order valence-corrected chi connectivity index (χ1v) is 7.51. The molecule has 0 aliphatic carbocycles. The average Bonchev–Trinajstić information content (AvgIpc) is 2.61. The van der Waals surface area contributed by atoms with Gasteiger partial charge in [-0.05, 0) is 55.5 Å². The molecule has 0 bridgehead atoms. The largest absolute Gasteiger partial charge is 0.497 e. The molecule has 0 saturated carbocycles. The lowest BCUT2D eigenvalue weighted by molar-refractivity contribution is 0.0601. The number of nitrogens with zero attached hydrogens (tertiary/aromatic N) is 1. The number of hydrogen-bond donors (Lipinski definition) is 1. The second kappa shape index (κ2) is 7.85. The zero-order chi connectivity index (χ0) is 17.1. The zero-order valence-corrected chi connectivity index (χ0v) is 15.0. The van der Waals surface area contributed by atoms with Crippen molar-refractivity contribution in [3.63, 3.8) is 0 Å². The Morgan fingerprint density at radius 3 is 2.40 bits per heavy atom. The summed E-state index contributed by atoms with van der Waals surface area (Å²) in [5, 5.41) is 4.24. The Morgan fingerprint density at radius 2 is 1.76 bits per heavy atom. The molecule has 6 heteroatoms. The van der Waals surface area contributed by atoms with Crippen LogP contribution in [0.3, 0.4) is 0 Å². The summed E-state index contributed by atoms with van der Waals surface area (Å²) in [6.07, 6.45) is 0. The van der Waals surface area contributed by atoms with Crippen LogP contribution in [-0.2, 0) is 4.74 Å². The highest BCUT2D eigenvalue weighted by molar-refractivity contribution is 5.99. The predicted octanol–water partition coefficient (Wildman–Crippen LogP) is 4.50. The molecule has 0 aliphatic rings. The fourth-order valence-corrected chi connectivity index (χ4v) is 2.54. The van der Waals surface area contributed by atoms with Crippen molar-refractivity contribution in [1.82, 2.24) is 4.98 Å². The first kappa shape index (κ1) is 18.5. The zero-order valence-electron chi connectivity index (χ0n) is 14.2. The molecule has 25 heavy (non-hydrogen) atoms. The van der Waals surface area contributed by atoms with Crippen LogP contribution < -0.4 is 10.1 Å². The van der Waals surface area contributed by atoms with Crippen LogP contribution in [0, 0.1) is 6.92 Å². The summed E-state index contributed by atoms with van der Waals surface area (Å²) in [4.78, 5) is 16.3. The summed E-state index contributed by atoms with van der Waals surface area (Å²) in [7, 11) is 3.01. The van der Waals surface area contributed by atoms with Crippen molar-refractivity contribution >= 4 is 40.7 Å². The van der Waals surface area contributed by atoms with Crippen molar-refractivity contribution in [2.45, 2.75) is 6.92 Å². The molecule has 0 amide bonds. The summed E-state index contributed by atoms with van der Waals surface area (Å²) < 4.78 is 9.97. The molecule has 3 rings (SSSR count). The number of anilines is 2. The van der Waals surface area contributed by atoms with Crippen LogP contribution in [0.5, 0.6) is 5.75 Å². The Kier molecular flexibility index (Phi) is 5.83. The van der Waals surface area contributed by atoms with Gasteiger partial charge >= 0.3 is 5.97 Å². The van der Waals surface area contributed by atoms with E-state index in [1.165, 1.54) is 7.11 Å². The molecule has 0 radical (unpaired) electrons. The smallest absolute Gasteiger partial charge is 0.337 e. The van der Waals surface area contributed by atoms with Gasteiger partial charge in [0.1, 0.15) is 5.75 Å². The number of hydrogen-bond acceptors (Lipinski definition) is 5. The van der Waals surface area contributed by atoms with E-state index in [1.54, 1.807) is 19.2 Å². The van der Waals surface area contributed by atoms with E-state index < -0.39 is 0 Å². The average molecular weight is 359 g/mol. The maximum Gasteiger partial charge on any atom is 0.337 e. The number of carbonyl (C=O) groups excluding carboxylic acids is 1. The lowest BCUT2D eigenvalue weighted by Gasteiger charge is -2.12. The number of benzene rings is 2. The van der Waals surface area contributed by atoms with Gasteiger partial charge < -0.3 is 14.8 Å². The lowest BCUT2D eigenvalue weighted by atomic mass is 10.1. The fourth-order valence-electron chi connectivity index (χ4n) is 2.54. The van der Waals surface area contributed by atoms with Gasteiger partial charge in [-0.2, -0.15) is 0 Å². The first-order chi connectivity index (χ1) is 11.6. The number of methoxy groups -OCH3 is 2. The summed E-state index contributed by atoms with van der Waals surface area (Å²) in [5.41, 5.74) is 4.01. The Bertz CT molecular complexity index is 895. The third-order valence-corrected chi connectivity index (χ3v) is 3.73. The van der Waals surface area contributed by atoms with Crippen LogP contribution >= 0.6 is 12.4 Å². The minimum Gasteiger partial charge on any atom is -0.497 e. The molecule has 1 heterocycles. The van der Waals surface area contributed by atoms with E-state index in [9.17, 15) is 4.79 Å². The number of carbonyl (C=O) groups is 1. The third-order valence-electron chi connectivity index (χ3n) is 3.73. The number of esters is 1. The minimum atomic E-state index is -0.368. The van der Waals surface area contributed by atoms with Gasteiger partial charge in [0, 0.05) is 22.5 Å². The molecule has 1 aromatic heterocycles. The van der Waals surface area contributed by atoms with Crippen molar-refractivity contribution in [1.29, 1.82) is 0 Å². The van der Waals surface area contributed by atoms with Crippen molar-refractivity contribution in [3.8, 4) is 5.75 Å². The summed E-state index contributed by atoms with van der Waals surface area (Å²) in [5.74, 6) is 0.428. The second-order valence-corrected chi connectivity index (χ2v) is 5.39. The molecular formula is C19H19ClN2O3. The minimum absolute atomic E-state index is 0. The summed E-state index contributed by atoms with van der Waals surface area (Å²) in [6, 6.07) is 14.9. The van der Waals surface area contributed by atoms with Gasteiger partial charge in [-0.1, -0.05) is 0 Å². The van der Waals surface area contributed by atoms with Gasteiger partial charge in [-0.25, -0.2) is 4.79 Å². The molecule has 0 atom stereocenters. The van der Waals surface area contributed by atoms with Crippen molar-refractivity contribution < 1.29 is 14.3 Å². The number of aryl methyl sites for hydroxylation is 1. The highest BCUT2D eigenvalue weighted by Crippen LogP contribution is 2.28. The van der Waals surface area contributed by atoms with Crippen LogP contribution in [-0.4, -0.2) is 25.2 Å². The number of halogens is 1. The van der Waals surface area contributed by atoms with E-state index in [0.29, 0.717) is 5.56 Å². The SMILES string of the molecule is COC(=O)c1ccc2nc(C)cc(Nc3ccc(OC)cc3)c2c1.Cl. The van der Waals surface area contributed by atoms with Crippen LogP contribution in [0.4, 0.5) is 11.4 Å². The third kappa shape index (κ3) is 4.00. The fraction of sp³-hybridized carbons (Fsp3) is 0.158. The highest BCUT2D eigenvalue weighted by atomic mass is 35.5. The number of rotatable bonds is 4. The molecule has 5 nitrogen and oxygen atoms in total. The van der Waals surface area contributed by atoms with E-state index in [-0.39, 0.29) is 18.4 Å². The maximum atomic E-state index is 11.8. The van der Waals surface area contributed by atoms with Crippen LogP contribution in [0.1, 0.15) is 16.1 Å². The normalized spacial score (nSPS) is 10.0. The van der Waals surface area contributed by atoms with Gasteiger partial charge in [0.15, 0.2) is 0 Å². The second-order valence-electron chi connectivity index (χ2n) is 5.39. The molecule has 0 fully saturated rings. The monoisotopic (exact) mass is 358 g/mol. The van der Waals surface area contributed by atoms with Gasteiger partial charge in [0.05, 0.1) is 25.3 Å². The van der Waals surface area contributed by atoms with E-state index in [2.05, 4.69) is 10.3 Å². The molecule has 0 aliphatic heterocycles. The Labute approximate surface area is 152 Å². The molecule has 0 spiro atoms. The molecular weight excluding hydrogens is 340 g/mol. The molecule has 2 aromatic carbocycles. The van der Waals surface area contributed by atoms with Gasteiger partial charge in [0.25, 0.3) is 0 Å². The van der Waals surface area contributed by atoms with Crippen molar-refractivity contribution in [2.75, 3.05) is 19.5 Å². The van der Waals surface area contributed by atoms with E-state index in [1.807, 2.05) is 43.3 Å². The number of fused-ring (bicyclic) bond motifs is 1. The topological polar surface area (TPSA) is 60.5 Å². The van der Waals surface area contributed by atoms with Crippen LogP contribution in [0.2, 0.25) is 0 Å². The quantitative estimate of drug-likeness (QED) is 0.695. The van der Waals surface area contributed by atoms with E-state index in [0.717, 1.165) is 33.7 Å². The molecule has 0 unspecified atom stereocenters. The van der Waals surface area contributed by atoms with Crippen molar-refractivity contribution in [3.05, 3.63) is 59.8 Å². The van der Waals surface area contributed by atoms with Crippen LogP contribution in [0.15, 0.2) is 48.5 Å². The molecule has 0 saturated heterocycles. The number of nitrogens with one attached hydrogen (secondary N) is 1. The summed E-state index contributed by atoms with van der Waals surface area (Å²) >= 11 is 0. The molecule has 130 valence electrons. The molecule has 3 aromatic rings. The first-order valence-electron chi connectivity index (χ1n) is 7.51.